The Labute approximate surface area is 153 Å². The van der Waals surface area contributed by atoms with Crippen molar-refractivity contribution >= 4 is 5.95 Å². The van der Waals surface area contributed by atoms with Gasteiger partial charge in [0.2, 0.25) is 5.95 Å². The molecule has 2 aromatic rings. The maximum absolute atomic E-state index is 10.6. The zero-order valence-corrected chi connectivity index (χ0v) is 15.3. The Morgan fingerprint density at radius 2 is 2.23 bits per heavy atom. The molecule has 4 rings (SSSR count). The van der Waals surface area contributed by atoms with Crippen LogP contribution in [-0.4, -0.2) is 57.5 Å². The summed E-state index contributed by atoms with van der Waals surface area (Å²) in [6.45, 7) is 7.93. The fourth-order valence-corrected chi connectivity index (χ4v) is 3.81. The van der Waals surface area contributed by atoms with E-state index in [9.17, 15) is 5.11 Å². The molecule has 1 fully saturated rings. The van der Waals surface area contributed by atoms with Gasteiger partial charge >= 0.3 is 0 Å². The number of likely N-dealkylation sites (tertiary alicyclic amines) is 1. The third kappa shape index (κ3) is 3.19. The molecule has 2 aliphatic rings. The van der Waals surface area contributed by atoms with E-state index in [0.717, 1.165) is 43.1 Å². The number of rotatable bonds is 4. The molecular weight excluding hydrogens is 330 g/mol. The van der Waals surface area contributed by atoms with Crippen LogP contribution in [0, 0.1) is 6.92 Å². The van der Waals surface area contributed by atoms with Gasteiger partial charge in [0.25, 0.3) is 0 Å². The number of phenols is 1. The van der Waals surface area contributed by atoms with Gasteiger partial charge < -0.3 is 20.1 Å². The number of nitrogens with one attached hydrogen (secondary N) is 1. The zero-order chi connectivity index (χ0) is 18.1. The van der Waals surface area contributed by atoms with E-state index in [1.807, 2.05) is 19.1 Å². The fourth-order valence-electron chi connectivity index (χ4n) is 3.81. The summed E-state index contributed by atoms with van der Waals surface area (Å²) in [7, 11) is 0. The molecule has 2 N–H and O–H groups in total. The quantitative estimate of drug-likeness (QED) is 0.871. The number of benzene rings is 1. The van der Waals surface area contributed by atoms with Gasteiger partial charge in [0.05, 0.1) is 12.3 Å². The molecule has 2 aliphatic heterocycles. The van der Waals surface area contributed by atoms with E-state index in [1.54, 1.807) is 0 Å². The molecule has 138 valence electrons. The van der Waals surface area contributed by atoms with Crippen LogP contribution in [-0.2, 0) is 6.42 Å². The number of anilines is 1. The van der Waals surface area contributed by atoms with Crippen molar-refractivity contribution in [2.75, 3.05) is 31.6 Å². The van der Waals surface area contributed by atoms with Gasteiger partial charge in [0.15, 0.2) is 0 Å². The van der Waals surface area contributed by atoms with Crippen LogP contribution in [0.25, 0.3) is 11.3 Å². The Kier molecular flexibility index (Phi) is 4.63. The van der Waals surface area contributed by atoms with Gasteiger partial charge in [-0.3, -0.25) is 0 Å². The van der Waals surface area contributed by atoms with Crippen molar-refractivity contribution in [3.63, 3.8) is 0 Å². The second-order valence-corrected chi connectivity index (χ2v) is 6.98. The maximum Gasteiger partial charge on any atom is 0.243 e. The van der Waals surface area contributed by atoms with Crippen molar-refractivity contribution in [3.05, 3.63) is 23.4 Å². The number of phenolic OH excluding ortho intramolecular Hbond substituents is 1. The molecule has 0 unspecified atom stereocenters. The van der Waals surface area contributed by atoms with E-state index in [1.165, 1.54) is 6.42 Å². The lowest BCUT2D eigenvalue weighted by Crippen LogP contribution is -2.42. The summed E-state index contributed by atoms with van der Waals surface area (Å²) in [6, 6.07) is 4.05. The number of fused-ring (bicyclic) bond motifs is 1. The van der Waals surface area contributed by atoms with Gasteiger partial charge in [-0.25, -0.2) is 4.98 Å². The van der Waals surface area contributed by atoms with Gasteiger partial charge in [-0.2, -0.15) is 0 Å². The molecule has 1 atom stereocenters. The number of aromatic hydroxyl groups is 1. The summed E-state index contributed by atoms with van der Waals surface area (Å²) >= 11 is 0. The number of hydrogen-bond acceptors (Lipinski definition) is 7. The van der Waals surface area contributed by atoms with Crippen molar-refractivity contribution in [2.24, 2.45) is 0 Å². The molecule has 1 aromatic heterocycles. The van der Waals surface area contributed by atoms with Gasteiger partial charge in [0.1, 0.15) is 17.2 Å². The zero-order valence-electron chi connectivity index (χ0n) is 15.3. The molecule has 26 heavy (non-hydrogen) atoms. The van der Waals surface area contributed by atoms with E-state index < -0.39 is 0 Å². The molecule has 3 heterocycles. The lowest BCUT2D eigenvalue weighted by atomic mass is 10.0. The minimum atomic E-state index is 0.228. The van der Waals surface area contributed by atoms with Gasteiger partial charge in [0, 0.05) is 30.1 Å². The van der Waals surface area contributed by atoms with Crippen molar-refractivity contribution in [3.8, 4) is 22.8 Å². The monoisotopic (exact) mass is 355 g/mol. The number of piperidine rings is 1. The average molecular weight is 355 g/mol. The van der Waals surface area contributed by atoms with E-state index in [0.29, 0.717) is 36.3 Å². The number of hydrogen-bond donors (Lipinski definition) is 2. The molecule has 7 nitrogen and oxygen atoms in total. The summed E-state index contributed by atoms with van der Waals surface area (Å²) in [5.41, 5.74) is 2.86. The van der Waals surface area contributed by atoms with E-state index >= 15 is 0 Å². The lowest BCUT2D eigenvalue weighted by Gasteiger charge is -2.32. The minimum absolute atomic E-state index is 0.228. The Balaban J connectivity index is 1.55. The number of nitrogens with zero attached hydrogens (tertiary/aromatic N) is 4. The average Bonchev–Trinajstić information content (AvgIpc) is 3.13. The summed E-state index contributed by atoms with van der Waals surface area (Å²) in [4.78, 5) is 7.01. The first-order valence-corrected chi connectivity index (χ1v) is 9.34. The highest BCUT2D eigenvalue weighted by molar-refractivity contribution is 5.72. The highest BCUT2D eigenvalue weighted by Crippen LogP contribution is 2.40. The predicted molar refractivity (Wildman–Crippen MR) is 99.6 cm³/mol. The molecule has 0 spiro atoms. The van der Waals surface area contributed by atoms with E-state index in [4.69, 9.17) is 4.74 Å². The fraction of sp³-hybridized carbons (Fsp3) is 0.526. The van der Waals surface area contributed by atoms with Gasteiger partial charge in [-0.15, -0.1) is 10.2 Å². The van der Waals surface area contributed by atoms with Crippen molar-refractivity contribution in [1.82, 2.24) is 20.1 Å². The Morgan fingerprint density at radius 1 is 1.35 bits per heavy atom. The number of aromatic nitrogens is 3. The van der Waals surface area contributed by atoms with Crippen LogP contribution in [0.3, 0.4) is 0 Å². The molecule has 0 aliphatic carbocycles. The van der Waals surface area contributed by atoms with Crippen LogP contribution in [0.15, 0.2) is 12.1 Å². The predicted octanol–water partition coefficient (Wildman–Crippen LogP) is 2.38. The van der Waals surface area contributed by atoms with Crippen LogP contribution in [0.2, 0.25) is 0 Å². The Bertz CT molecular complexity index is 811. The van der Waals surface area contributed by atoms with Gasteiger partial charge in [-0.1, -0.05) is 6.92 Å². The molecule has 0 bridgehead atoms. The van der Waals surface area contributed by atoms with E-state index in [2.05, 4.69) is 32.3 Å². The Hall–Kier alpha value is -2.41. The standard InChI is InChI=1S/C19H25N5O2/c1-3-24-9-4-5-13(11-24)21-19-20-12(2)17(22-23-19)15-6-7-16-14(18(15)25)8-10-26-16/h6-7,13,25H,3-5,8-11H2,1-2H3,(H,20,21,23)/t13-/m1/s1. The highest BCUT2D eigenvalue weighted by atomic mass is 16.5. The lowest BCUT2D eigenvalue weighted by molar-refractivity contribution is 0.226. The maximum atomic E-state index is 10.6. The minimum Gasteiger partial charge on any atom is -0.507 e. The summed E-state index contributed by atoms with van der Waals surface area (Å²) < 4.78 is 5.50. The van der Waals surface area contributed by atoms with Crippen LogP contribution in [0.1, 0.15) is 31.0 Å². The number of aryl methyl sites for hydroxylation is 1. The normalized spacial score (nSPS) is 19.8. The third-order valence-corrected chi connectivity index (χ3v) is 5.25. The first-order valence-electron chi connectivity index (χ1n) is 9.34. The highest BCUT2D eigenvalue weighted by Gasteiger charge is 2.23. The SMILES string of the molecule is CCN1CCC[C@@H](Nc2nnc(-c3ccc4c(c3O)CCO4)c(C)n2)C1. The summed E-state index contributed by atoms with van der Waals surface area (Å²) in [6.07, 6.45) is 3.01. The number of likely N-dealkylation sites (N-methyl/N-ethyl adjacent to an activating group) is 1. The van der Waals surface area contributed by atoms with Crippen LogP contribution in [0.5, 0.6) is 11.5 Å². The first kappa shape index (κ1) is 17.0. The molecule has 7 heteroatoms. The number of ether oxygens (including phenoxy) is 1. The molecule has 0 radical (unpaired) electrons. The topological polar surface area (TPSA) is 83.4 Å². The van der Waals surface area contributed by atoms with Crippen LogP contribution in [0.4, 0.5) is 5.95 Å². The van der Waals surface area contributed by atoms with Crippen LogP contribution < -0.4 is 10.1 Å². The van der Waals surface area contributed by atoms with E-state index in [-0.39, 0.29) is 5.75 Å². The second-order valence-electron chi connectivity index (χ2n) is 6.98. The van der Waals surface area contributed by atoms with Gasteiger partial charge in [-0.05, 0) is 45.0 Å². The largest absolute Gasteiger partial charge is 0.507 e. The smallest absolute Gasteiger partial charge is 0.243 e. The third-order valence-electron chi connectivity index (χ3n) is 5.25. The molecule has 0 amide bonds. The second kappa shape index (κ2) is 7.07. The first-order chi connectivity index (χ1) is 12.7. The molecular formula is C19H25N5O2. The van der Waals surface area contributed by atoms with Crippen molar-refractivity contribution in [1.29, 1.82) is 0 Å². The molecule has 1 saturated heterocycles. The molecule has 0 saturated carbocycles. The Morgan fingerprint density at radius 3 is 3.04 bits per heavy atom. The van der Waals surface area contributed by atoms with Crippen LogP contribution >= 0.6 is 0 Å². The molecule has 1 aromatic carbocycles. The van der Waals surface area contributed by atoms with Crippen molar-refractivity contribution in [2.45, 2.75) is 39.2 Å². The van der Waals surface area contributed by atoms with Crippen molar-refractivity contribution < 1.29 is 9.84 Å². The summed E-state index contributed by atoms with van der Waals surface area (Å²) in [5, 5.41) is 22.6. The summed E-state index contributed by atoms with van der Waals surface area (Å²) in [5.74, 6) is 1.53.